The van der Waals surface area contributed by atoms with Gasteiger partial charge in [0.1, 0.15) is 5.82 Å². The van der Waals surface area contributed by atoms with Gasteiger partial charge in [0.15, 0.2) is 11.5 Å². The Bertz CT molecular complexity index is 950. The van der Waals surface area contributed by atoms with Gasteiger partial charge in [-0.1, -0.05) is 36.4 Å². The van der Waals surface area contributed by atoms with Gasteiger partial charge in [0.25, 0.3) is 5.91 Å². The first kappa shape index (κ1) is 22.2. The zero-order valence-electron chi connectivity index (χ0n) is 18.2. The molecule has 1 aromatic heterocycles. The number of carbonyl (C=O) groups excluding carboxylic acids is 1. The Hall–Kier alpha value is -3.54. The van der Waals surface area contributed by atoms with Gasteiger partial charge in [-0.05, 0) is 50.6 Å². The van der Waals surface area contributed by atoms with Gasteiger partial charge in [0.05, 0.1) is 26.4 Å². The van der Waals surface area contributed by atoms with Gasteiger partial charge in [-0.25, -0.2) is 4.98 Å². The fraction of sp³-hybridized carbons (Fsp3) is 0.280. The summed E-state index contributed by atoms with van der Waals surface area (Å²) in [5.41, 5.74) is 1.44. The van der Waals surface area contributed by atoms with Crippen LogP contribution in [0.5, 0.6) is 17.2 Å². The largest absolute Gasteiger partial charge is 0.490 e. The Morgan fingerprint density at radius 3 is 2.00 bits per heavy atom. The van der Waals surface area contributed by atoms with Crippen LogP contribution in [-0.2, 0) is 6.54 Å². The minimum Gasteiger partial charge on any atom is -0.490 e. The van der Waals surface area contributed by atoms with Crippen molar-refractivity contribution in [2.45, 2.75) is 27.3 Å². The topological polar surface area (TPSA) is 60.9 Å². The lowest BCUT2D eigenvalue weighted by atomic mass is 10.1. The van der Waals surface area contributed by atoms with Crippen molar-refractivity contribution >= 4 is 11.7 Å². The minimum atomic E-state index is -0.201. The fourth-order valence-corrected chi connectivity index (χ4v) is 3.20. The van der Waals surface area contributed by atoms with E-state index in [1.807, 2.05) is 69.3 Å². The number of anilines is 1. The number of ether oxygens (including phenoxy) is 3. The standard InChI is InChI=1S/C25H28N2O4/c1-4-29-21-16-20(17-22(30-5-2)24(21)31-6-3)25(28)27(23-14-10-11-15-26-23)18-19-12-8-7-9-13-19/h7-17H,4-6,18H2,1-3H3. The Morgan fingerprint density at radius 1 is 0.839 bits per heavy atom. The third-order valence-electron chi connectivity index (χ3n) is 4.51. The maximum atomic E-state index is 13.7. The fourth-order valence-electron chi connectivity index (χ4n) is 3.20. The van der Waals surface area contributed by atoms with Crippen LogP contribution in [0.25, 0.3) is 0 Å². The van der Waals surface area contributed by atoms with E-state index >= 15 is 0 Å². The molecule has 0 radical (unpaired) electrons. The summed E-state index contributed by atoms with van der Waals surface area (Å²) in [5.74, 6) is 1.85. The first-order valence-corrected chi connectivity index (χ1v) is 10.5. The van der Waals surface area contributed by atoms with Crippen LogP contribution < -0.4 is 19.1 Å². The molecule has 0 aliphatic heterocycles. The lowest BCUT2D eigenvalue weighted by Gasteiger charge is -2.23. The third-order valence-corrected chi connectivity index (χ3v) is 4.51. The van der Waals surface area contributed by atoms with Crippen molar-refractivity contribution in [1.29, 1.82) is 0 Å². The lowest BCUT2D eigenvalue weighted by molar-refractivity contribution is 0.0983. The van der Waals surface area contributed by atoms with Crippen molar-refractivity contribution in [2.24, 2.45) is 0 Å². The number of hydrogen-bond acceptors (Lipinski definition) is 5. The summed E-state index contributed by atoms with van der Waals surface area (Å²) in [4.78, 5) is 19.7. The van der Waals surface area contributed by atoms with Gasteiger partial charge in [-0.2, -0.15) is 0 Å². The number of benzene rings is 2. The molecule has 0 unspecified atom stereocenters. The first-order valence-electron chi connectivity index (χ1n) is 10.5. The Balaban J connectivity index is 2.05. The average molecular weight is 421 g/mol. The van der Waals surface area contributed by atoms with Gasteiger partial charge in [-0.3, -0.25) is 9.69 Å². The second-order valence-corrected chi connectivity index (χ2v) is 6.67. The van der Waals surface area contributed by atoms with Crippen LogP contribution in [0.3, 0.4) is 0 Å². The monoisotopic (exact) mass is 420 g/mol. The summed E-state index contributed by atoms with van der Waals surface area (Å²) in [7, 11) is 0. The number of carbonyl (C=O) groups is 1. The number of rotatable bonds is 10. The molecule has 1 heterocycles. The maximum Gasteiger partial charge on any atom is 0.260 e. The van der Waals surface area contributed by atoms with E-state index in [1.165, 1.54) is 0 Å². The van der Waals surface area contributed by atoms with E-state index in [2.05, 4.69) is 4.98 Å². The smallest absolute Gasteiger partial charge is 0.260 e. The highest BCUT2D eigenvalue weighted by Crippen LogP contribution is 2.39. The van der Waals surface area contributed by atoms with Crippen molar-refractivity contribution in [1.82, 2.24) is 4.98 Å². The van der Waals surface area contributed by atoms with E-state index < -0.39 is 0 Å². The second kappa shape index (κ2) is 11.0. The molecule has 3 aromatic rings. The highest BCUT2D eigenvalue weighted by Gasteiger charge is 2.24. The van der Waals surface area contributed by atoms with Crippen molar-refractivity contribution in [3.63, 3.8) is 0 Å². The maximum absolute atomic E-state index is 13.7. The van der Waals surface area contributed by atoms with Crippen LogP contribution in [0, 0.1) is 0 Å². The number of amides is 1. The number of pyridine rings is 1. The van der Waals surface area contributed by atoms with E-state index in [4.69, 9.17) is 14.2 Å². The summed E-state index contributed by atoms with van der Waals surface area (Å²) < 4.78 is 17.3. The lowest BCUT2D eigenvalue weighted by Crippen LogP contribution is -2.31. The van der Waals surface area contributed by atoms with Crippen LogP contribution in [0.4, 0.5) is 5.82 Å². The van der Waals surface area contributed by atoms with Crippen LogP contribution in [0.2, 0.25) is 0 Å². The SMILES string of the molecule is CCOc1cc(C(=O)N(Cc2ccccc2)c2ccccn2)cc(OCC)c1OCC. The molecule has 0 fully saturated rings. The Kier molecular flexibility index (Phi) is 7.87. The van der Waals surface area contributed by atoms with Crippen molar-refractivity contribution in [2.75, 3.05) is 24.7 Å². The summed E-state index contributed by atoms with van der Waals surface area (Å²) in [5, 5.41) is 0. The molecule has 0 N–H and O–H groups in total. The van der Waals surface area contributed by atoms with Crippen molar-refractivity contribution in [3.8, 4) is 17.2 Å². The first-order chi connectivity index (χ1) is 15.2. The molecule has 162 valence electrons. The molecule has 6 nitrogen and oxygen atoms in total. The molecule has 31 heavy (non-hydrogen) atoms. The van der Waals surface area contributed by atoms with E-state index in [1.54, 1.807) is 23.2 Å². The number of hydrogen-bond donors (Lipinski definition) is 0. The van der Waals surface area contributed by atoms with E-state index in [0.29, 0.717) is 55.0 Å². The molecule has 2 aromatic carbocycles. The quantitative estimate of drug-likeness (QED) is 0.455. The molecule has 6 heteroatoms. The van der Waals surface area contributed by atoms with Gasteiger partial charge in [-0.15, -0.1) is 0 Å². The normalized spacial score (nSPS) is 10.4. The Labute approximate surface area is 183 Å². The number of aromatic nitrogens is 1. The molecular formula is C25H28N2O4. The van der Waals surface area contributed by atoms with Crippen LogP contribution in [0.1, 0.15) is 36.7 Å². The van der Waals surface area contributed by atoms with Gasteiger partial charge in [0, 0.05) is 11.8 Å². The highest BCUT2D eigenvalue weighted by molar-refractivity contribution is 6.06. The molecule has 0 atom stereocenters. The molecule has 0 saturated carbocycles. The molecular weight excluding hydrogens is 392 g/mol. The van der Waals surface area contributed by atoms with Gasteiger partial charge < -0.3 is 14.2 Å². The van der Waals surface area contributed by atoms with E-state index in [-0.39, 0.29) is 5.91 Å². The highest BCUT2D eigenvalue weighted by atomic mass is 16.5. The summed E-state index contributed by atoms with van der Waals surface area (Å²) >= 11 is 0. The average Bonchev–Trinajstić information content (AvgIpc) is 2.80. The van der Waals surface area contributed by atoms with Crippen molar-refractivity contribution < 1.29 is 19.0 Å². The second-order valence-electron chi connectivity index (χ2n) is 6.67. The van der Waals surface area contributed by atoms with E-state index in [0.717, 1.165) is 5.56 Å². The molecule has 0 saturated heterocycles. The summed E-state index contributed by atoms with van der Waals surface area (Å²) in [6.07, 6.45) is 1.68. The zero-order chi connectivity index (χ0) is 22.1. The predicted molar refractivity (Wildman–Crippen MR) is 121 cm³/mol. The number of nitrogens with zero attached hydrogens (tertiary/aromatic N) is 2. The molecule has 0 aliphatic carbocycles. The van der Waals surface area contributed by atoms with Crippen LogP contribution in [-0.4, -0.2) is 30.7 Å². The van der Waals surface area contributed by atoms with Gasteiger partial charge >= 0.3 is 0 Å². The molecule has 1 amide bonds. The zero-order valence-corrected chi connectivity index (χ0v) is 18.2. The predicted octanol–water partition coefficient (Wildman–Crippen LogP) is 5.12. The minimum absolute atomic E-state index is 0.201. The van der Waals surface area contributed by atoms with Crippen molar-refractivity contribution in [3.05, 3.63) is 78.0 Å². The summed E-state index contributed by atoms with van der Waals surface area (Å²) in [6.45, 7) is 7.40. The van der Waals surface area contributed by atoms with Crippen LogP contribution in [0.15, 0.2) is 66.9 Å². The molecule has 3 rings (SSSR count). The third kappa shape index (κ3) is 5.54. The molecule has 0 aliphatic rings. The van der Waals surface area contributed by atoms with Gasteiger partial charge in [0.2, 0.25) is 5.75 Å². The summed E-state index contributed by atoms with van der Waals surface area (Å²) in [6, 6.07) is 18.8. The van der Waals surface area contributed by atoms with E-state index in [9.17, 15) is 4.79 Å². The molecule has 0 bridgehead atoms. The molecule has 0 spiro atoms. The Morgan fingerprint density at radius 2 is 1.45 bits per heavy atom. The van der Waals surface area contributed by atoms with Crippen LogP contribution >= 0.6 is 0 Å².